The van der Waals surface area contributed by atoms with E-state index in [-0.39, 0.29) is 5.69 Å². The molecular formula is C15H10F2N6S. The summed E-state index contributed by atoms with van der Waals surface area (Å²) >= 11 is 1.56. The lowest BCUT2D eigenvalue weighted by atomic mass is 10.3. The first-order chi connectivity index (χ1) is 11.7. The van der Waals surface area contributed by atoms with Crippen LogP contribution in [0.15, 0.2) is 53.9 Å². The quantitative estimate of drug-likeness (QED) is 0.723. The van der Waals surface area contributed by atoms with Gasteiger partial charge in [0, 0.05) is 18.5 Å². The zero-order chi connectivity index (χ0) is 16.5. The molecule has 0 amide bonds. The molecule has 0 atom stereocenters. The number of thioether (sulfide) groups is 1. The van der Waals surface area contributed by atoms with Crippen LogP contribution in [0.3, 0.4) is 0 Å². The summed E-state index contributed by atoms with van der Waals surface area (Å²) in [6.07, 6.45) is 4.08. The number of alkyl halides is 2. The average Bonchev–Trinajstić information content (AvgIpc) is 3.05. The minimum absolute atomic E-state index is 0.310. The summed E-state index contributed by atoms with van der Waals surface area (Å²) in [5.74, 6) is 0.660. The fraction of sp³-hybridized carbons (Fsp3) is 0.0667. The molecule has 24 heavy (non-hydrogen) atoms. The van der Waals surface area contributed by atoms with Crippen LogP contribution in [0.5, 0.6) is 0 Å². The monoisotopic (exact) mass is 344 g/mol. The SMILES string of the molecule is FC(F)c1ccc2ncc(-c3cc(N4C=CSC=C4)ncn3)n2n1. The van der Waals surface area contributed by atoms with Gasteiger partial charge in [0.25, 0.3) is 6.43 Å². The normalized spacial score (nSPS) is 14.0. The van der Waals surface area contributed by atoms with Crippen LogP contribution >= 0.6 is 11.8 Å². The van der Waals surface area contributed by atoms with E-state index in [1.165, 1.54) is 23.0 Å². The van der Waals surface area contributed by atoms with Gasteiger partial charge in [-0.25, -0.2) is 28.2 Å². The van der Waals surface area contributed by atoms with Gasteiger partial charge in [-0.1, -0.05) is 0 Å². The molecule has 0 aromatic carbocycles. The van der Waals surface area contributed by atoms with E-state index in [2.05, 4.69) is 20.1 Å². The van der Waals surface area contributed by atoms with Crippen molar-refractivity contribution in [3.8, 4) is 11.4 Å². The van der Waals surface area contributed by atoms with Crippen molar-refractivity contribution in [1.82, 2.24) is 24.6 Å². The molecule has 3 aromatic rings. The van der Waals surface area contributed by atoms with Crippen molar-refractivity contribution in [1.29, 1.82) is 0 Å². The topological polar surface area (TPSA) is 59.2 Å². The summed E-state index contributed by atoms with van der Waals surface area (Å²) in [5, 5.41) is 7.80. The van der Waals surface area contributed by atoms with Crippen LogP contribution in [0.2, 0.25) is 0 Å². The van der Waals surface area contributed by atoms with Gasteiger partial charge in [0.2, 0.25) is 0 Å². The predicted molar refractivity (Wildman–Crippen MR) is 87.3 cm³/mol. The largest absolute Gasteiger partial charge is 0.307 e. The van der Waals surface area contributed by atoms with Crippen LogP contribution in [-0.4, -0.2) is 24.6 Å². The Kier molecular flexibility index (Phi) is 3.69. The molecule has 120 valence electrons. The zero-order valence-electron chi connectivity index (χ0n) is 12.1. The van der Waals surface area contributed by atoms with Gasteiger partial charge in [0.1, 0.15) is 23.5 Å². The number of imidazole rings is 1. The van der Waals surface area contributed by atoms with E-state index in [1.54, 1.807) is 24.0 Å². The number of rotatable bonds is 3. The minimum Gasteiger partial charge on any atom is -0.307 e. The lowest BCUT2D eigenvalue weighted by Crippen LogP contribution is -2.10. The summed E-state index contributed by atoms with van der Waals surface area (Å²) in [4.78, 5) is 14.5. The molecule has 0 bridgehead atoms. The van der Waals surface area contributed by atoms with Gasteiger partial charge >= 0.3 is 0 Å². The Hall–Kier alpha value is -2.81. The highest BCUT2D eigenvalue weighted by Crippen LogP contribution is 2.25. The molecule has 0 radical (unpaired) electrons. The number of aromatic nitrogens is 5. The molecule has 1 aliphatic rings. The molecule has 0 saturated heterocycles. The molecule has 4 rings (SSSR count). The van der Waals surface area contributed by atoms with E-state index < -0.39 is 6.43 Å². The maximum absolute atomic E-state index is 12.9. The highest BCUT2D eigenvalue weighted by atomic mass is 32.2. The van der Waals surface area contributed by atoms with Crippen LogP contribution < -0.4 is 4.90 Å². The van der Waals surface area contributed by atoms with E-state index >= 15 is 0 Å². The van der Waals surface area contributed by atoms with E-state index in [0.29, 0.717) is 22.9 Å². The van der Waals surface area contributed by atoms with Crippen LogP contribution in [0.1, 0.15) is 12.1 Å². The fourth-order valence-electron chi connectivity index (χ4n) is 2.26. The van der Waals surface area contributed by atoms with Crippen molar-refractivity contribution in [2.75, 3.05) is 4.90 Å². The molecular weight excluding hydrogens is 334 g/mol. The number of hydrogen-bond donors (Lipinski definition) is 0. The molecule has 1 aliphatic heterocycles. The molecule has 0 aliphatic carbocycles. The van der Waals surface area contributed by atoms with Crippen molar-refractivity contribution >= 4 is 23.2 Å². The zero-order valence-corrected chi connectivity index (χ0v) is 12.9. The smallest absolute Gasteiger partial charge is 0.282 e. The van der Waals surface area contributed by atoms with E-state index in [9.17, 15) is 8.78 Å². The molecule has 0 spiro atoms. The lowest BCUT2D eigenvalue weighted by molar-refractivity contribution is 0.144. The first-order valence-electron chi connectivity index (χ1n) is 6.95. The Morgan fingerprint density at radius 1 is 1.04 bits per heavy atom. The number of halogens is 2. The fourth-order valence-corrected chi connectivity index (χ4v) is 2.75. The van der Waals surface area contributed by atoms with Crippen molar-refractivity contribution in [3.63, 3.8) is 0 Å². The first kappa shape index (κ1) is 14.8. The van der Waals surface area contributed by atoms with Crippen molar-refractivity contribution in [3.05, 3.63) is 59.6 Å². The van der Waals surface area contributed by atoms with Crippen molar-refractivity contribution in [2.45, 2.75) is 6.43 Å². The molecule has 0 saturated carbocycles. The third-order valence-corrected chi connectivity index (χ3v) is 3.94. The second-order valence-electron chi connectivity index (χ2n) is 4.85. The van der Waals surface area contributed by atoms with Gasteiger partial charge < -0.3 is 4.90 Å². The molecule has 3 aromatic heterocycles. The van der Waals surface area contributed by atoms with Gasteiger partial charge in [-0.15, -0.1) is 11.8 Å². The van der Waals surface area contributed by atoms with Gasteiger partial charge in [0.05, 0.1) is 11.9 Å². The van der Waals surface area contributed by atoms with Gasteiger partial charge in [-0.05, 0) is 22.9 Å². The van der Waals surface area contributed by atoms with Crippen LogP contribution in [0.25, 0.3) is 17.0 Å². The number of nitrogens with zero attached hydrogens (tertiary/aromatic N) is 6. The molecule has 0 N–H and O–H groups in total. The highest BCUT2D eigenvalue weighted by Gasteiger charge is 2.15. The van der Waals surface area contributed by atoms with Crippen molar-refractivity contribution < 1.29 is 8.78 Å². The molecule has 4 heterocycles. The third kappa shape index (κ3) is 2.62. The van der Waals surface area contributed by atoms with Gasteiger partial charge in [0.15, 0.2) is 5.65 Å². The van der Waals surface area contributed by atoms with Gasteiger partial charge in [-0.3, -0.25) is 0 Å². The van der Waals surface area contributed by atoms with Crippen molar-refractivity contribution in [2.24, 2.45) is 0 Å². The molecule has 9 heteroatoms. The second kappa shape index (κ2) is 6.00. The summed E-state index contributed by atoms with van der Waals surface area (Å²) in [7, 11) is 0. The average molecular weight is 344 g/mol. The van der Waals surface area contributed by atoms with E-state index in [0.717, 1.165) is 0 Å². The Bertz CT molecular complexity index is 940. The third-order valence-electron chi connectivity index (χ3n) is 3.39. The first-order valence-corrected chi connectivity index (χ1v) is 7.89. The Morgan fingerprint density at radius 2 is 1.88 bits per heavy atom. The van der Waals surface area contributed by atoms with E-state index in [4.69, 9.17) is 0 Å². The standard InChI is InChI=1S/C15H10F2N6S/c16-15(17)10-1-2-13-18-8-12(23(13)21-10)11-7-14(20-9-19-11)22-3-5-24-6-4-22/h1-9,15H. The summed E-state index contributed by atoms with van der Waals surface area (Å²) in [5.41, 5.74) is 1.24. The number of anilines is 1. The Morgan fingerprint density at radius 3 is 2.67 bits per heavy atom. The number of hydrogen-bond acceptors (Lipinski definition) is 6. The summed E-state index contributed by atoms with van der Waals surface area (Å²) in [6, 6.07) is 4.53. The second-order valence-corrected chi connectivity index (χ2v) is 5.66. The molecule has 0 fully saturated rings. The minimum atomic E-state index is -2.65. The molecule has 0 unspecified atom stereocenters. The number of fused-ring (bicyclic) bond motifs is 1. The van der Waals surface area contributed by atoms with E-state index in [1.807, 2.05) is 28.1 Å². The molecule has 6 nitrogen and oxygen atoms in total. The predicted octanol–water partition coefficient (Wildman–Crippen LogP) is 3.62. The van der Waals surface area contributed by atoms with Crippen LogP contribution in [0, 0.1) is 0 Å². The lowest BCUT2D eigenvalue weighted by Gasteiger charge is -2.16. The van der Waals surface area contributed by atoms with Gasteiger partial charge in [-0.2, -0.15) is 5.10 Å². The summed E-state index contributed by atoms with van der Waals surface area (Å²) < 4.78 is 27.2. The summed E-state index contributed by atoms with van der Waals surface area (Å²) in [6.45, 7) is 0. The highest BCUT2D eigenvalue weighted by molar-refractivity contribution is 8.04. The van der Waals surface area contributed by atoms with Crippen LogP contribution in [-0.2, 0) is 0 Å². The maximum Gasteiger partial charge on any atom is 0.282 e. The Labute approximate surface area is 139 Å². The maximum atomic E-state index is 12.9. The Balaban J connectivity index is 1.80. The van der Waals surface area contributed by atoms with Crippen LogP contribution in [0.4, 0.5) is 14.6 Å².